The van der Waals surface area contributed by atoms with Crippen molar-refractivity contribution in [2.75, 3.05) is 0 Å². The molecule has 0 aliphatic heterocycles. The number of nitrogens with one attached hydrogen (secondary N) is 1. The van der Waals surface area contributed by atoms with E-state index in [2.05, 4.69) is 5.84 Å². The largest absolute Gasteiger partial charge is 0.416 e. The molecule has 0 saturated heterocycles. The quantitative estimate of drug-likeness (QED) is 0.327. The van der Waals surface area contributed by atoms with E-state index >= 15 is 0 Å². The molecule has 0 saturated carbocycles. The molecule has 82 valence electrons. The van der Waals surface area contributed by atoms with E-state index in [1.807, 2.05) is 0 Å². The van der Waals surface area contributed by atoms with Crippen molar-refractivity contribution in [3.05, 3.63) is 35.1 Å². The standard InChI is InChI=1S/C8H6F4N2O/c9-6-2-1-4(8(10,11)12)3-5(6)7(15)14-13/h1-3H,13H2,(H,14,15). The molecule has 1 amide bonds. The topological polar surface area (TPSA) is 55.1 Å². The van der Waals surface area contributed by atoms with Crippen LogP contribution in [0, 0.1) is 5.82 Å². The monoisotopic (exact) mass is 222 g/mol. The lowest BCUT2D eigenvalue weighted by Crippen LogP contribution is -2.31. The van der Waals surface area contributed by atoms with Gasteiger partial charge in [-0.1, -0.05) is 0 Å². The maximum atomic E-state index is 12.9. The van der Waals surface area contributed by atoms with Crippen LogP contribution in [0.1, 0.15) is 15.9 Å². The molecule has 1 rings (SSSR count). The first kappa shape index (κ1) is 11.4. The van der Waals surface area contributed by atoms with E-state index in [4.69, 9.17) is 0 Å². The number of carbonyl (C=O) groups excluding carboxylic acids is 1. The highest BCUT2D eigenvalue weighted by Gasteiger charge is 2.31. The van der Waals surface area contributed by atoms with Gasteiger partial charge in [0, 0.05) is 0 Å². The fourth-order valence-corrected chi connectivity index (χ4v) is 0.953. The summed E-state index contributed by atoms with van der Waals surface area (Å²) in [6.45, 7) is 0. The molecule has 0 atom stereocenters. The Hall–Kier alpha value is -1.63. The predicted octanol–water partition coefficient (Wildman–Crippen LogP) is 1.45. The summed E-state index contributed by atoms with van der Waals surface area (Å²) in [5.41, 5.74) is -0.298. The molecule has 0 spiro atoms. The summed E-state index contributed by atoms with van der Waals surface area (Å²) in [7, 11) is 0. The van der Waals surface area contributed by atoms with Crippen LogP contribution in [0.4, 0.5) is 17.6 Å². The van der Waals surface area contributed by atoms with Gasteiger partial charge in [0.15, 0.2) is 0 Å². The Morgan fingerprint density at radius 2 is 1.93 bits per heavy atom. The molecular formula is C8H6F4N2O. The average molecular weight is 222 g/mol. The van der Waals surface area contributed by atoms with Crippen LogP contribution in [-0.4, -0.2) is 5.91 Å². The van der Waals surface area contributed by atoms with Gasteiger partial charge in [0.05, 0.1) is 11.1 Å². The zero-order valence-electron chi connectivity index (χ0n) is 7.23. The second-order valence-electron chi connectivity index (χ2n) is 2.67. The minimum Gasteiger partial charge on any atom is -0.290 e. The Morgan fingerprint density at radius 3 is 2.40 bits per heavy atom. The summed E-state index contributed by atoms with van der Waals surface area (Å²) in [6.07, 6.45) is -4.63. The van der Waals surface area contributed by atoms with Crippen molar-refractivity contribution >= 4 is 5.91 Å². The number of benzene rings is 1. The van der Waals surface area contributed by atoms with E-state index in [-0.39, 0.29) is 0 Å². The van der Waals surface area contributed by atoms with Gasteiger partial charge in [-0.15, -0.1) is 0 Å². The van der Waals surface area contributed by atoms with E-state index in [1.54, 1.807) is 5.43 Å². The third kappa shape index (κ3) is 2.44. The molecule has 7 heteroatoms. The summed E-state index contributed by atoms with van der Waals surface area (Å²) in [5.74, 6) is 2.51. The van der Waals surface area contributed by atoms with Gasteiger partial charge in [-0.2, -0.15) is 13.2 Å². The molecule has 0 fully saturated rings. The van der Waals surface area contributed by atoms with Crippen molar-refractivity contribution in [2.45, 2.75) is 6.18 Å². The number of hydrazine groups is 1. The van der Waals surface area contributed by atoms with E-state index in [9.17, 15) is 22.4 Å². The second-order valence-corrected chi connectivity index (χ2v) is 2.67. The van der Waals surface area contributed by atoms with Crippen LogP contribution in [0.25, 0.3) is 0 Å². The van der Waals surface area contributed by atoms with Crippen LogP contribution in [0.2, 0.25) is 0 Å². The minimum atomic E-state index is -4.63. The molecule has 0 aromatic heterocycles. The van der Waals surface area contributed by atoms with Crippen LogP contribution in [-0.2, 0) is 6.18 Å². The lowest BCUT2D eigenvalue weighted by molar-refractivity contribution is -0.137. The highest BCUT2D eigenvalue weighted by atomic mass is 19.4. The Bertz CT molecular complexity index is 389. The number of nitrogens with two attached hydrogens (primary N) is 1. The molecule has 15 heavy (non-hydrogen) atoms. The number of hydrogen-bond donors (Lipinski definition) is 2. The number of nitrogen functional groups attached to an aromatic ring is 1. The van der Waals surface area contributed by atoms with E-state index in [1.165, 1.54) is 0 Å². The minimum absolute atomic E-state index is 0.400. The molecule has 3 N–H and O–H groups in total. The third-order valence-electron chi connectivity index (χ3n) is 1.67. The zero-order valence-corrected chi connectivity index (χ0v) is 7.23. The van der Waals surface area contributed by atoms with Crippen LogP contribution >= 0.6 is 0 Å². The molecule has 1 aromatic carbocycles. The van der Waals surface area contributed by atoms with Crippen molar-refractivity contribution in [2.24, 2.45) is 5.84 Å². The molecule has 0 aliphatic rings. The normalized spacial score (nSPS) is 11.3. The highest BCUT2D eigenvalue weighted by molar-refractivity contribution is 5.94. The zero-order chi connectivity index (χ0) is 11.6. The van der Waals surface area contributed by atoms with Crippen molar-refractivity contribution in [3.63, 3.8) is 0 Å². The Balaban J connectivity index is 3.23. The SMILES string of the molecule is NNC(=O)c1cc(C(F)(F)F)ccc1F. The Morgan fingerprint density at radius 1 is 1.33 bits per heavy atom. The van der Waals surface area contributed by atoms with Crippen molar-refractivity contribution in [1.29, 1.82) is 0 Å². The van der Waals surface area contributed by atoms with Gasteiger partial charge in [-0.25, -0.2) is 10.2 Å². The van der Waals surface area contributed by atoms with Crippen molar-refractivity contribution < 1.29 is 22.4 Å². The molecule has 0 radical (unpaired) electrons. The van der Waals surface area contributed by atoms with Crippen LogP contribution < -0.4 is 11.3 Å². The number of rotatable bonds is 1. The maximum absolute atomic E-state index is 12.9. The van der Waals surface area contributed by atoms with Gasteiger partial charge in [0.2, 0.25) is 0 Å². The molecule has 0 aliphatic carbocycles. The van der Waals surface area contributed by atoms with Gasteiger partial charge in [0.25, 0.3) is 5.91 Å². The van der Waals surface area contributed by atoms with Crippen LogP contribution in [0.15, 0.2) is 18.2 Å². The number of carbonyl (C=O) groups is 1. The first-order valence-corrected chi connectivity index (χ1v) is 3.74. The van der Waals surface area contributed by atoms with Crippen molar-refractivity contribution in [1.82, 2.24) is 5.43 Å². The summed E-state index contributed by atoms with van der Waals surface area (Å²) in [5, 5.41) is 0. The Kier molecular flexibility index (Phi) is 2.94. The fraction of sp³-hybridized carbons (Fsp3) is 0.125. The molecule has 1 aromatic rings. The molecule has 0 heterocycles. The van der Waals surface area contributed by atoms with Gasteiger partial charge in [-0.3, -0.25) is 10.2 Å². The molecular weight excluding hydrogens is 216 g/mol. The molecule has 0 bridgehead atoms. The second kappa shape index (κ2) is 3.85. The summed E-state index contributed by atoms with van der Waals surface area (Å²) in [4.78, 5) is 10.9. The summed E-state index contributed by atoms with van der Waals surface area (Å²) in [6, 6.07) is 1.51. The summed E-state index contributed by atoms with van der Waals surface area (Å²) < 4.78 is 49.5. The van der Waals surface area contributed by atoms with Gasteiger partial charge < -0.3 is 0 Å². The highest BCUT2D eigenvalue weighted by Crippen LogP contribution is 2.30. The number of halogens is 4. The van der Waals surface area contributed by atoms with E-state index in [0.29, 0.717) is 18.2 Å². The van der Waals surface area contributed by atoms with Crippen molar-refractivity contribution in [3.8, 4) is 0 Å². The summed E-state index contributed by atoms with van der Waals surface area (Å²) >= 11 is 0. The molecule has 3 nitrogen and oxygen atoms in total. The third-order valence-corrected chi connectivity index (χ3v) is 1.67. The fourth-order valence-electron chi connectivity index (χ4n) is 0.953. The Labute approximate surface area is 81.8 Å². The average Bonchev–Trinajstić information content (AvgIpc) is 2.15. The first-order chi connectivity index (χ1) is 6.86. The van der Waals surface area contributed by atoms with Gasteiger partial charge >= 0.3 is 6.18 Å². The van der Waals surface area contributed by atoms with Crippen LogP contribution in [0.5, 0.6) is 0 Å². The van der Waals surface area contributed by atoms with E-state index < -0.39 is 29.0 Å². The predicted molar refractivity (Wildman–Crippen MR) is 43.1 cm³/mol. The number of hydrogen-bond acceptors (Lipinski definition) is 2. The van der Waals surface area contributed by atoms with Gasteiger partial charge in [-0.05, 0) is 18.2 Å². The van der Waals surface area contributed by atoms with Gasteiger partial charge in [0.1, 0.15) is 5.82 Å². The first-order valence-electron chi connectivity index (χ1n) is 3.74. The lowest BCUT2D eigenvalue weighted by Gasteiger charge is -2.08. The van der Waals surface area contributed by atoms with Crippen LogP contribution in [0.3, 0.4) is 0 Å². The smallest absolute Gasteiger partial charge is 0.290 e. The van der Waals surface area contributed by atoms with E-state index in [0.717, 1.165) is 0 Å². The molecule has 0 unspecified atom stereocenters. The number of alkyl halides is 3. The lowest BCUT2D eigenvalue weighted by atomic mass is 10.1. The maximum Gasteiger partial charge on any atom is 0.416 e. The number of amides is 1.